The first-order chi connectivity index (χ1) is 9.00. The van der Waals surface area contributed by atoms with Crippen LogP contribution < -0.4 is 10.6 Å². The van der Waals surface area contributed by atoms with Crippen LogP contribution in [0.4, 0.5) is 15.8 Å². The zero-order valence-corrected chi connectivity index (χ0v) is 12.5. The third-order valence-corrected chi connectivity index (χ3v) is 3.71. The average molecular weight is 323 g/mol. The van der Waals surface area contributed by atoms with E-state index in [1.807, 2.05) is 43.1 Å². The van der Waals surface area contributed by atoms with Crippen LogP contribution in [0.25, 0.3) is 0 Å². The molecule has 2 aromatic carbocycles. The number of hydrogen-bond donors (Lipinski definition) is 1. The van der Waals surface area contributed by atoms with Crippen molar-refractivity contribution in [2.45, 2.75) is 13.0 Å². The Labute approximate surface area is 121 Å². The van der Waals surface area contributed by atoms with Gasteiger partial charge in [-0.3, -0.25) is 0 Å². The monoisotopic (exact) mass is 322 g/mol. The predicted octanol–water partition coefficient (Wildman–Crippen LogP) is 4.38. The summed E-state index contributed by atoms with van der Waals surface area (Å²) in [5, 5.41) is 0. The number of nitrogens with zero attached hydrogens (tertiary/aromatic N) is 1. The zero-order chi connectivity index (χ0) is 14.0. The number of benzene rings is 2. The maximum Gasteiger partial charge on any atom is 0.146 e. The molecule has 1 unspecified atom stereocenters. The minimum Gasteiger partial charge on any atom is -0.341 e. The van der Waals surface area contributed by atoms with Crippen molar-refractivity contribution in [3.63, 3.8) is 0 Å². The Morgan fingerprint density at radius 2 is 1.84 bits per heavy atom. The van der Waals surface area contributed by atoms with Crippen LogP contribution in [-0.4, -0.2) is 7.05 Å². The number of anilines is 2. The van der Waals surface area contributed by atoms with Crippen molar-refractivity contribution in [3.8, 4) is 0 Å². The second kappa shape index (κ2) is 5.72. The molecule has 0 saturated heterocycles. The molecule has 100 valence electrons. The number of nitrogens with two attached hydrogens (primary N) is 1. The molecule has 1 atom stereocenters. The van der Waals surface area contributed by atoms with Gasteiger partial charge in [0.2, 0.25) is 0 Å². The van der Waals surface area contributed by atoms with Gasteiger partial charge in [0.05, 0.1) is 11.4 Å². The molecule has 0 bridgehead atoms. The van der Waals surface area contributed by atoms with Gasteiger partial charge in [-0.05, 0) is 52.7 Å². The first-order valence-electron chi connectivity index (χ1n) is 6.04. The van der Waals surface area contributed by atoms with Crippen molar-refractivity contribution in [2.24, 2.45) is 5.73 Å². The van der Waals surface area contributed by atoms with E-state index >= 15 is 0 Å². The minimum atomic E-state index is -0.242. The Balaban J connectivity index is 2.40. The molecule has 2 nitrogen and oxygen atoms in total. The van der Waals surface area contributed by atoms with Crippen LogP contribution in [0.2, 0.25) is 0 Å². The van der Waals surface area contributed by atoms with Crippen molar-refractivity contribution in [1.82, 2.24) is 0 Å². The highest BCUT2D eigenvalue weighted by Gasteiger charge is 2.12. The fraction of sp³-hybridized carbons (Fsp3) is 0.200. The van der Waals surface area contributed by atoms with Crippen LogP contribution in [-0.2, 0) is 0 Å². The van der Waals surface area contributed by atoms with Gasteiger partial charge in [0, 0.05) is 17.6 Å². The molecule has 0 saturated carbocycles. The summed E-state index contributed by atoms with van der Waals surface area (Å²) in [6, 6.07) is 12.6. The van der Waals surface area contributed by atoms with Gasteiger partial charge in [-0.25, -0.2) is 4.39 Å². The summed E-state index contributed by atoms with van der Waals surface area (Å²) in [6.07, 6.45) is 0. The summed E-state index contributed by atoms with van der Waals surface area (Å²) in [7, 11) is 1.84. The molecular weight excluding hydrogens is 307 g/mol. The van der Waals surface area contributed by atoms with Gasteiger partial charge in [0.15, 0.2) is 0 Å². The number of halogens is 2. The molecule has 2 N–H and O–H groups in total. The first-order valence-corrected chi connectivity index (χ1v) is 6.83. The first kappa shape index (κ1) is 14.0. The lowest BCUT2D eigenvalue weighted by molar-refractivity contribution is 0.627. The molecule has 0 aliphatic rings. The SMILES string of the molecule is CC(N)c1ccc(N(C)c2ccccc2F)c(Br)c1. The average Bonchev–Trinajstić information content (AvgIpc) is 2.38. The Kier molecular flexibility index (Phi) is 4.22. The molecule has 0 aliphatic heterocycles. The Morgan fingerprint density at radius 3 is 2.42 bits per heavy atom. The summed E-state index contributed by atoms with van der Waals surface area (Å²) >= 11 is 3.52. The van der Waals surface area contributed by atoms with Gasteiger partial charge in [0.25, 0.3) is 0 Å². The topological polar surface area (TPSA) is 29.3 Å². The van der Waals surface area contributed by atoms with Crippen molar-refractivity contribution in [1.29, 1.82) is 0 Å². The molecule has 2 rings (SSSR count). The van der Waals surface area contributed by atoms with E-state index < -0.39 is 0 Å². The highest BCUT2D eigenvalue weighted by Crippen LogP contribution is 2.33. The lowest BCUT2D eigenvalue weighted by Crippen LogP contribution is -2.12. The highest BCUT2D eigenvalue weighted by molar-refractivity contribution is 9.10. The highest BCUT2D eigenvalue weighted by atomic mass is 79.9. The summed E-state index contributed by atoms with van der Waals surface area (Å²) < 4.78 is 14.7. The quantitative estimate of drug-likeness (QED) is 0.908. The van der Waals surface area contributed by atoms with Gasteiger partial charge < -0.3 is 10.6 Å². The van der Waals surface area contributed by atoms with E-state index in [4.69, 9.17) is 5.73 Å². The number of para-hydroxylation sites is 1. The number of hydrogen-bond acceptors (Lipinski definition) is 2. The van der Waals surface area contributed by atoms with Gasteiger partial charge >= 0.3 is 0 Å². The Morgan fingerprint density at radius 1 is 1.16 bits per heavy atom. The summed E-state index contributed by atoms with van der Waals surface area (Å²) in [5.41, 5.74) is 8.33. The molecule has 0 amide bonds. The van der Waals surface area contributed by atoms with Crippen molar-refractivity contribution < 1.29 is 4.39 Å². The molecule has 4 heteroatoms. The van der Waals surface area contributed by atoms with Crippen LogP contribution in [0.1, 0.15) is 18.5 Å². The minimum absolute atomic E-state index is 0.0240. The standard InChI is InChI=1S/C15H16BrFN2/c1-10(18)11-7-8-14(12(16)9-11)19(2)15-6-4-3-5-13(15)17/h3-10H,18H2,1-2H3. The predicted molar refractivity (Wildman–Crippen MR) is 81.2 cm³/mol. The normalized spacial score (nSPS) is 12.3. The van der Waals surface area contributed by atoms with Crippen LogP contribution in [0, 0.1) is 5.82 Å². The van der Waals surface area contributed by atoms with E-state index in [1.165, 1.54) is 6.07 Å². The largest absolute Gasteiger partial charge is 0.341 e. The maximum atomic E-state index is 13.8. The van der Waals surface area contributed by atoms with E-state index in [0.717, 1.165) is 15.7 Å². The van der Waals surface area contributed by atoms with Crippen LogP contribution in [0.15, 0.2) is 46.9 Å². The second-order valence-corrected chi connectivity index (χ2v) is 5.36. The van der Waals surface area contributed by atoms with E-state index in [9.17, 15) is 4.39 Å². The summed E-state index contributed by atoms with van der Waals surface area (Å²) in [5.74, 6) is -0.242. The summed E-state index contributed by atoms with van der Waals surface area (Å²) in [4.78, 5) is 1.81. The molecule has 0 fully saturated rings. The zero-order valence-electron chi connectivity index (χ0n) is 10.9. The molecule has 0 heterocycles. The fourth-order valence-electron chi connectivity index (χ4n) is 1.93. The molecule has 2 aromatic rings. The van der Waals surface area contributed by atoms with Gasteiger partial charge in [0.1, 0.15) is 5.82 Å². The number of rotatable bonds is 3. The van der Waals surface area contributed by atoms with Gasteiger partial charge in [-0.15, -0.1) is 0 Å². The molecule has 0 spiro atoms. The third-order valence-electron chi connectivity index (χ3n) is 3.07. The van der Waals surface area contributed by atoms with E-state index in [-0.39, 0.29) is 11.9 Å². The van der Waals surface area contributed by atoms with Crippen LogP contribution >= 0.6 is 15.9 Å². The smallest absolute Gasteiger partial charge is 0.146 e. The van der Waals surface area contributed by atoms with Crippen molar-refractivity contribution in [2.75, 3.05) is 11.9 Å². The molecule has 19 heavy (non-hydrogen) atoms. The molecule has 0 radical (unpaired) electrons. The van der Waals surface area contributed by atoms with E-state index in [2.05, 4.69) is 15.9 Å². The lowest BCUT2D eigenvalue weighted by Gasteiger charge is -2.22. The van der Waals surface area contributed by atoms with Crippen LogP contribution in [0.5, 0.6) is 0 Å². The van der Waals surface area contributed by atoms with E-state index in [0.29, 0.717) is 5.69 Å². The second-order valence-electron chi connectivity index (χ2n) is 4.51. The molecular formula is C15H16BrFN2. The van der Waals surface area contributed by atoms with Crippen LogP contribution in [0.3, 0.4) is 0 Å². The fourth-order valence-corrected chi connectivity index (χ4v) is 2.59. The molecule has 0 aromatic heterocycles. The van der Waals surface area contributed by atoms with Gasteiger partial charge in [-0.1, -0.05) is 18.2 Å². The third kappa shape index (κ3) is 2.96. The lowest BCUT2D eigenvalue weighted by atomic mass is 10.1. The van der Waals surface area contributed by atoms with Crippen molar-refractivity contribution in [3.05, 3.63) is 58.3 Å². The Bertz CT molecular complexity index is 584. The van der Waals surface area contributed by atoms with E-state index in [1.54, 1.807) is 12.1 Å². The molecule has 0 aliphatic carbocycles. The summed E-state index contributed by atoms with van der Waals surface area (Å²) in [6.45, 7) is 1.93. The van der Waals surface area contributed by atoms with Crippen molar-refractivity contribution >= 4 is 27.3 Å². The Hall–Kier alpha value is -1.39. The van der Waals surface area contributed by atoms with Gasteiger partial charge in [-0.2, -0.15) is 0 Å². The maximum absolute atomic E-state index is 13.8.